The minimum atomic E-state index is -0.572. The molecule has 0 saturated carbocycles. The number of amides is 1. The number of halogens is 1. The van der Waals surface area contributed by atoms with Crippen LogP contribution in [0.1, 0.15) is 32.5 Å². The van der Waals surface area contributed by atoms with Crippen LogP contribution in [-0.4, -0.2) is 23.4 Å². The number of nitro groups is 1. The zero-order valence-corrected chi connectivity index (χ0v) is 18.5. The molecule has 0 saturated heterocycles. The first-order valence-electron chi connectivity index (χ1n) is 8.94. The number of esters is 1. The van der Waals surface area contributed by atoms with Crippen LogP contribution >= 0.6 is 27.3 Å². The highest BCUT2D eigenvalue weighted by Crippen LogP contribution is 2.41. The van der Waals surface area contributed by atoms with Gasteiger partial charge in [-0.25, -0.2) is 4.79 Å². The molecule has 1 N–H and O–H groups in total. The van der Waals surface area contributed by atoms with E-state index in [2.05, 4.69) is 21.2 Å². The minimum absolute atomic E-state index is 0.0493. The lowest BCUT2D eigenvalue weighted by molar-refractivity contribution is -0.384. The van der Waals surface area contributed by atoms with E-state index in [1.807, 2.05) is 6.92 Å². The Morgan fingerprint density at radius 3 is 2.43 bits per heavy atom. The Morgan fingerprint density at radius 2 is 1.83 bits per heavy atom. The van der Waals surface area contributed by atoms with Gasteiger partial charge < -0.3 is 10.1 Å². The number of aryl methyl sites for hydroxylation is 1. The van der Waals surface area contributed by atoms with Crippen molar-refractivity contribution in [1.82, 2.24) is 0 Å². The second kappa shape index (κ2) is 9.19. The van der Waals surface area contributed by atoms with Gasteiger partial charge in [-0.1, -0.05) is 12.1 Å². The molecule has 0 aliphatic rings. The van der Waals surface area contributed by atoms with Crippen LogP contribution in [0.15, 0.2) is 53.0 Å². The van der Waals surface area contributed by atoms with Crippen LogP contribution in [-0.2, 0) is 4.74 Å². The van der Waals surface area contributed by atoms with Gasteiger partial charge in [0.15, 0.2) is 0 Å². The smallest absolute Gasteiger partial charge is 0.341 e. The average Bonchev–Trinajstić information content (AvgIpc) is 3.04. The molecule has 7 nitrogen and oxygen atoms in total. The van der Waals surface area contributed by atoms with Gasteiger partial charge in [0.2, 0.25) is 0 Å². The summed E-state index contributed by atoms with van der Waals surface area (Å²) < 4.78 is 5.84. The molecule has 2 aromatic carbocycles. The van der Waals surface area contributed by atoms with Crippen LogP contribution in [0.2, 0.25) is 0 Å². The Bertz CT molecular complexity index is 1120. The summed E-state index contributed by atoms with van der Waals surface area (Å²) >= 11 is 4.60. The van der Waals surface area contributed by atoms with Crippen molar-refractivity contribution in [3.8, 4) is 11.1 Å². The van der Waals surface area contributed by atoms with Crippen molar-refractivity contribution < 1.29 is 19.2 Å². The van der Waals surface area contributed by atoms with Crippen molar-refractivity contribution in [3.05, 3.63) is 79.1 Å². The lowest BCUT2D eigenvalue weighted by Crippen LogP contribution is -2.15. The Hall–Kier alpha value is -3.04. The Labute approximate surface area is 185 Å². The van der Waals surface area contributed by atoms with Crippen LogP contribution < -0.4 is 5.32 Å². The molecule has 30 heavy (non-hydrogen) atoms. The van der Waals surface area contributed by atoms with Gasteiger partial charge in [0.05, 0.1) is 17.1 Å². The van der Waals surface area contributed by atoms with Crippen molar-refractivity contribution in [2.45, 2.75) is 13.8 Å². The standard InChI is InChI=1S/C21H17BrN2O5S/c1-3-29-21(26)18-17(13-8-10-14(11-9-13)24(27)28)12(2)30-20(18)23-19(25)15-6-4-5-7-16(15)22/h4-11H,3H2,1-2H3,(H,23,25). The van der Waals surface area contributed by atoms with Gasteiger partial charge >= 0.3 is 5.97 Å². The third-order valence-electron chi connectivity index (χ3n) is 4.28. The van der Waals surface area contributed by atoms with Crippen molar-refractivity contribution in [3.63, 3.8) is 0 Å². The molecule has 0 spiro atoms. The number of anilines is 1. The summed E-state index contributed by atoms with van der Waals surface area (Å²) in [6, 6.07) is 12.9. The molecule has 0 radical (unpaired) electrons. The number of nitro benzene ring substituents is 1. The van der Waals surface area contributed by atoms with E-state index < -0.39 is 10.9 Å². The van der Waals surface area contributed by atoms with Gasteiger partial charge in [-0.2, -0.15) is 0 Å². The molecule has 9 heteroatoms. The predicted molar refractivity (Wildman–Crippen MR) is 119 cm³/mol. The lowest BCUT2D eigenvalue weighted by atomic mass is 10.0. The molecule has 3 rings (SSSR count). The van der Waals surface area contributed by atoms with E-state index in [0.717, 1.165) is 4.88 Å². The molecule has 0 unspecified atom stereocenters. The van der Waals surface area contributed by atoms with Gasteiger partial charge in [0.25, 0.3) is 11.6 Å². The maximum Gasteiger partial charge on any atom is 0.341 e. The molecule has 1 heterocycles. The zero-order valence-electron chi connectivity index (χ0n) is 16.1. The third kappa shape index (κ3) is 4.42. The fraction of sp³-hybridized carbons (Fsp3) is 0.143. The summed E-state index contributed by atoms with van der Waals surface area (Å²) in [5, 5.41) is 14.1. The number of non-ortho nitro benzene ring substituents is 1. The normalized spacial score (nSPS) is 10.5. The van der Waals surface area contributed by atoms with E-state index in [4.69, 9.17) is 4.74 Å². The molecule has 0 bridgehead atoms. The first-order valence-corrected chi connectivity index (χ1v) is 10.6. The third-order valence-corrected chi connectivity index (χ3v) is 5.99. The van der Waals surface area contributed by atoms with E-state index in [1.54, 1.807) is 43.3 Å². The molecule has 154 valence electrons. The summed E-state index contributed by atoms with van der Waals surface area (Å²) in [6.07, 6.45) is 0. The number of rotatable bonds is 6. The van der Waals surface area contributed by atoms with Crippen LogP contribution in [0.4, 0.5) is 10.7 Å². The van der Waals surface area contributed by atoms with Gasteiger partial charge in [0, 0.05) is 27.0 Å². The number of hydrogen-bond acceptors (Lipinski definition) is 6. The van der Waals surface area contributed by atoms with E-state index in [-0.39, 0.29) is 23.8 Å². The first-order chi connectivity index (χ1) is 14.3. The van der Waals surface area contributed by atoms with Crippen molar-refractivity contribution in [2.24, 2.45) is 0 Å². The van der Waals surface area contributed by atoms with Crippen molar-refractivity contribution in [1.29, 1.82) is 0 Å². The van der Waals surface area contributed by atoms with Crippen LogP contribution in [0.25, 0.3) is 11.1 Å². The Morgan fingerprint density at radius 1 is 1.17 bits per heavy atom. The molecule has 1 amide bonds. The van der Waals surface area contributed by atoms with Crippen molar-refractivity contribution in [2.75, 3.05) is 11.9 Å². The molecule has 3 aromatic rings. The molecule has 1 aromatic heterocycles. The van der Waals surface area contributed by atoms with Gasteiger partial charge in [-0.15, -0.1) is 11.3 Å². The zero-order chi connectivity index (χ0) is 21.8. The highest BCUT2D eigenvalue weighted by molar-refractivity contribution is 9.10. The quantitative estimate of drug-likeness (QED) is 0.267. The highest BCUT2D eigenvalue weighted by Gasteiger charge is 2.26. The fourth-order valence-corrected chi connectivity index (χ4v) is 4.47. The monoisotopic (exact) mass is 488 g/mol. The van der Waals surface area contributed by atoms with Gasteiger partial charge in [-0.05, 0) is 59.6 Å². The number of benzene rings is 2. The fourth-order valence-electron chi connectivity index (χ4n) is 2.94. The molecular weight excluding hydrogens is 472 g/mol. The Balaban J connectivity index is 2.07. The van der Waals surface area contributed by atoms with Gasteiger partial charge in [0.1, 0.15) is 10.6 Å². The second-order valence-electron chi connectivity index (χ2n) is 6.20. The van der Waals surface area contributed by atoms with E-state index in [1.165, 1.54) is 23.5 Å². The van der Waals surface area contributed by atoms with Gasteiger partial charge in [-0.3, -0.25) is 14.9 Å². The number of carbonyl (C=O) groups is 2. The number of nitrogens with one attached hydrogen (secondary N) is 1. The molecule has 0 atom stereocenters. The highest BCUT2D eigenvalue weighted by atomic mass is 79.9. The maximum absolute atomic E-state index is 12.8. The molecule has 0 aliphatic heterocycles. The van der Waals surface area contributed by atoms with Crippen LogP contribution in [0.5, 0.6) is 0 Å². The summed E-state index contributed by atoms with van der Waals surface area (Å²) in [5.74, 6) is -0.942. The van der Waals surface area contributed by atoms with Crippen LogP contribution in [0.3, 0.4) is 0 Å². The van der Waals surface area contributed by atoms with Crippen molar-refractivity contribution >= 4 is 49.8 Å². The summed E-state index contributed by atoms with van der Waals surface area (Å²) in [6.45, 7) is 3.69. The number of hydrogen-bond donors (Lipinski definition) is 1. The summed E-state index contributed by atoms with van der Waals surface area (Å²) in [7, 11) is 0. The summed E-state index contributed by atoms with van der Waals surface area (Å²) in [4.78, 5) is 36.8. The van der Waals surface area contributed by atoms with E-state index in [9.17, 15) is 19.7 Å². The lowest BCUT2D eigenvalue weighted by Gasteiger charge is -2.10. The second-order valence-corrected chi connectivity index (χ2v) is 8.27. The molecule has 0 aliphatic carbocycles. The minimum Gasteiger partial charge on any atom is -0.462 e. The molecule has 0 fully saturated rings. The topological polar surface area (TPSA) is 98.5 Å². The van der Waals surface area contributed by atoms with E-state index >= 15 is 0 Å². The number of ether oxygens (including phenoxy) is 1. The maximum atomic E-state index is 12.8. The number of nitrogens with zero attached hydrogens (tertiary/aromatic N) is 1. The number of thiophene rings is 1. The summed E-state index contributed by atoms with van der Waals surface area (Å²) in [5.41, 5.74) is 1.81. The first kappa shape index (κ1) is 21.7. The average molecular weight is 489 g/mol. The van der Waals surface area contributed by atoms with Crippen LogP contribution in [0, 0.1) is 17.0 Å². The largest absolute Gasteiger partial charge is 0.462 e. The number of carbonyl (C=O) groups excluding carboxylic acids is 2. The SMILES string of the molecule is CCOC(=O)c1c(NC(=O)c2ccccc2Br)sc(C)c1-c1ccc([N+](=O)[O-])cc1. The molecular formula is C21H17BrN2O5S. The van der Waals surface area contributed by atoms with E-state index in [0.29, 0.717) is 26.2 Å². The predicted octanol–water partition coefficient (Wildman–Crippen LogP) is 5.82. The Kier molecular flexibility index (Phi) is 6.63.